The molecule has 4 aromatic rings. The number of aromatic nitrogens is 3. The quantitative estimate of drug-likeness (QED) is 0.376. The Balaban J connectivity index is 1.70. The second-order valence-electron chi connectivity index (χ2n) is 9.06. The smallest absolute Gasteiger partial charge is 0.256 e. The van der Waals surface area contributed by atoms with E-state index in [2.05, 4.69) is 10.4 Å². The Hall–Kier alpha value is -4.12. The number of sulfone groups is 1. The summed E-state index contributed by atoms with van der Waals surface area (Å²) < 4.78 is 42.4. The summed E-state index contributed by atoms with van der Waals surface area (Å²) in [5.74, 6) is 1.30. The van der Waals surface area contributed by atoms with Crippen LogP contribution in [0.4, 0.5) is 5.69 Å². The normalized spacial score (nSPS) is 16.4. The van der Waals surface area contributed by atoms with E-state index in [4.69, 9.17) is 19.2 Å². The molecule has 1 atom stereocenters. The van der Waals surface area contributed by atoms with Gasteiger partial charge >= 0.3 is 0 Å². The first kappa shape index (κ1) is 25.5. The van der Waals surface area contributed by atoms with Crippen molar-refractivity contribution in [2.75, 3.05) is 38.2 Å². The Morgan fingerprint density at radius 3 is 2.42 bits per heavy atom. The molecule has 1 saturated heterocycles. The maximum atomic E-state index is 13.7. The number of hydrogen-bond donors (Lipinski definition) is 1. The Morgan fingerprint density at radius 2 is 1.74 bits per heavy atom. The molecule has 0 aliphatic carbocycles. The van der Waals surface area contributed by atoms with E-state index in [1.807, 2.05) is 12.1 Å². The molecule has 1 unspecified atom stereocenters. The number of para-hydroxylation sites is 2. The Bertz CT molecular complexity index is 1650. The molecule has 10 nitrogen and oxygen atoms in total. The van der Waals surface area contributed by atoms with Crippen LogP contribution in [0.3, 0.4) is 0 Å². The van der Waals surface area contributed by atoms with Crippen molar-refractivity contribution in [3.8, 4) is 28.5 Å². The molecular formula is C27H28N4O6S. The first-order valence-corrected chi connectivity index (χ1v) is 13.8. The molecule has 2 aromatic heterocycles. The van der Waals surface area contributed by atoms with Crippen LogP contribution in [0.1, 0.15) is 28.5 Å². The van der Waals surface area contributed by atoms with Gasteiger partial charge in [0.25, 0.3) is 5.91 Å². The number of fused-ring (bicyclic) bond motifs is 1. The summed E-state index contributed by atoms with van der Waals surface area (Å²) in [6, 6.07) is 13.8. The first-order valence-electron chi connectivity index (χ1n) is 12.0. The summed E-state index contributed by atoms with van der Waals surface area (Å²) in [5.41, 5.74) is 3.11. The number of methoxy groups -OCH3 is 3. The Morgan fingerprint density at radius 1 is 1.00 bits per heavy atom. The van der Waals surface area contributed by atoms with Crippen LogP contribution in [0.5, 0.6) is 17.2 Å². The topological polar surface area (TPSA) is 122 Å². The highest BCUT2D eigenvalue weighted by Crippen LogP contribution is 2.36. The Labute approximate surface area is 220 Å². The van der Waals surface area contributed by atoms with E-state index in [1.54, 1.807) is 62.2 Å². The molecule has 0 bridgehead atoms. The van der Waals surface area contributed by atoms with E-state index in [-0.39, 0.29) is 23.5 Å². The number of nitrogens with zero attached hydrogens (tertiary/aromatic N) is 3. The maximum absolute atomic E-state index is 13.7. The lowest BCUT2D eigenvalue weighted by atomic mass is 10.0. The van der Waals surface area contributed by atoms with Gasteiger partial charge in [-0.05, 0) is 49.7 Å². The SMILES string of the molecule is COc1ccccc1NC(=O)c1cc(-c2ccc(OC)c(OC)c2)nc2c1c(C)nn2C1CCS(=O)(=O)C1. The van der Waals surface area contributed by atoms with Crippen molar-refractivity contribution in [3.05, 3.63) is 59.8 Å². The molecule has 0 saturated carbocycles. The molecule has 5 rings (SSSR count). The van der Waals surface area contributed by atoms with Crippen molar-refractivity contribution in [3.63, 3.8) is 0 Å². The molecule has 198 valence electrons. The van der Waals surface area contributed by atoms with E-state index in [0.717, 1.165) is 0 Å². The fourth-order valence-electron chi connectivity index (χ4n) is 4.80. The fraction of sp³-hybridized carbons (Fsp3) is 0.296. The lowest BCUT2D eigenvalue weighted by Gasteiger charge is -2.14. The number of amides is 1. The van der Waals surface area contributed by atoms with Crippen LogP contribution in [0.25, 0.3) is 22.3 Å². The Kier molecular flexibility index (Phi) is 6.70. The van der Waals surface area contributed by atoms with Crippen LogP contribution >= 0.6 is 0 Å². The number of nitrogens with one attached hydrogen (secondary N) is 1. The maximum Gasteiger partial charge on any atom is 0.256 e. The second kappa shape index (κ2) is 9.97. The number of ether oxygens (including phenoxy) is 3. The minimum atomic E-state index is -3.17. The average Bonchev–Trinajstić information content (AvgIpc) is 3.46. The van der Waals surface area contributed by atoms with Gasteiger partial charge in [-0.1, -0.05) is 12.1 Å². The van der Waals surface area contributed by atoms with Crippen molar-refractivity contribution < 1.29 is 27.4 Å². The van der Waals surface area contributed by atoms with Crippen molar-refractivity contribution in [2.24, 2.45) is 0 Å². The van der Waals surface area contributed by atoms with E-state index >= 15 is 0 Å². The minimum Gasteiger partial charge on any atom is -0.495 e. The largest absolute Gasteiger partial charge is 0.495 e. The number of pyridine rings is 1. The van der Waals surface area contributed by atoms with Crippen LogP contribution in [0, 0.1) is 6.92 Å². The molecule has 2 aromatic carbocycles. The van der Waals surface area contributed by atoms with Gasteiger partial charge in [0.15, 0.2) is 27.0 Å². The van der Waals surface area contributed by atoms with Crippen LogP contribution in [-0.4, -0.2) is 61.9 Å². The van der Waals surface area contributed by atoms with Gasteiger partial charge < -0.3 is 19.5 Å². The number of carbonyl (C=O) groups is 1. The third kappa shape index (κ3) is 4.65. The number of aryl methyl sites for hydroxylation is 1. The first-order chi connectivity index (χ1) is 18.2. The molecule has 38 heavy (non-hydrogen) atoms. The second-order valence-corrected chi connectivity index (χ2v) is 11.3. The van der Waals surface area contributed by atoms with Crippen molar-refractivity contribution in [2.45, 2.75) is 19.4 Å². The van der Waals surface area contributed by atoms with Gasteiger partial charge in [0, 0.05) is 5.56 Å². The van der Waals surface area contributed by atoms with Crippen LogP contribution in [0.15, 0.2) is 48.5 Å². The van der Waals surface area contributed by atoms with Crippen LogP contribution < -0.4 is 19.5 Å². The minimum absolute atomic E-state index is 0.0196. The monoisotopic (exact) mass is 536 g/mol. The molecule has 0 spiro atoms. The highest BCUT2D eigenvalue weighted by Gasteiger charge is 2.32. The summed E-state index contributed by atoms with van der Waals surface area (Å²) in [7, 11) is 1.47. The van der Waals surface area contributed by atoms with Crippen LogP contribution in [-0.2, 0) is 9.84 Å². The van der Waals surface area contributed by atoms with E-state index < -0.39 is 9.84 Å². The zero-order chi connectivity index (χ0) is 27.0. The number of anilines is 1. The standard InChI is InChI=1S/C27H28N4O6S/c1-16-25-19(27(32)29-20-7-5-6-8-22(20)35-2)14-21(17-9-10-23(36-3)24(13-17)37-4)28-26(25)31(30-16)18-11-12-38(33,34)15-18/h5-10,13-14,18H,11-12,15H2,1-4H3,(H,29,32). The molecule has 1 N–H and O–H groups in total. The molecule has 1 fully saturated rings. The summed E-state index contributed by atoms with van der Waals surface area (Å²) in [6.45, 7) is 1.79. The zero-order valence-electron chi connectivity index (χ0n) is 21.5. The van der Waals surface area contributed by atoms with Gasteiger partial charge in [0.2, 0.25) is 0 Å². The molecule has 3 heterocycles. The lowest BCUT2D eigenvalue weighted by molar-refractivity contribution is 0.102. The van der Waals surface area contributed by atoms with Gasteiger partial charge in [-0.25, -0.2) is 18.1 Å². The van der Waals surface area contributed by atoms with Crippen molar-refractivity contribution in [1.29, 1.82) is 0 Å². The number of carbonyl (C=O) groups excluding carboxylic acids is 1. The average molecular weight is 537 g/mol. The summed E-state index contributed by atoms with van der Waals surface area (Å²) in [4.78, 5) is 18.6. The molecule has 1 aliphatic rings. The van der Waals surface area contributed by atoms with E-state index in [1.165, 1.54) is 7.11 Å². The fourth-order valence-corrected chi connectivity index (χ4v) is 6.49. The van der Waals surface area contributed by atoms with Gasteiger partial charge in [-0.2, -0.15) is 5.10 Å². The van der Waals surface area contributed by atoms with Gasteiger partial charge in [0.05, 0.1) is 66.9 Å². The molecule has 1 aliphatic heterocycles. The number of rotatable bonds is 7. The van der Waals surface area contributed by atoms with Gasteiger partial charge in [0.1, 0.15) is 5.75 Å². The van der Waals surface area contributed by atoms with Gasteiger partial charge in [-0.15, -0.1) is 0 Å². The van der Waals surface area contributed by atoms with Gasteiger partial charge in [-0.3, -0.25) is 4.79 Å². The molecule has 11 heteroatoms. The third-order valence-corrected chi connectivity index (χ3v) is 8.42. The predicted molar refractivity (Wildman–Crippen MR) is 144 cm³/mol. The molecule has 0 radical (unpaired) electrons. The highest BCUT2D eigenvalue weighted by atomic mass is 32.2. The summed E-state index contributed by atoms with van der Waals surface area (Å²) in [6.07, 6.45) is 0.434. The zero-order valence-corrected chi connectivity index (χ0v) is 22.3. The van der Waals surface area contributed by atoms with Crippen molar-refractivity contribution >= 4 is 32.5 Å². The molecular weight excluding hydrogens is 508 g/mol. The van der Waals surface area contributed by atoms with E-state index in [9.17, 15) is 13.2 Å². The number of benzene rings is 2. The van der Waals surface area contributed by atoms with Crippen molar-refractivity contribution in [1.82, 2.24) is 14.8 Å². The summed E-state index contributed by atoms with van der Waals surface area (Å²) >= 11 is 0. The number of hydrogen-bond acceptors (Lipinski definition) is 8. The predicted octanol–water partition coefficient (Wildman–Crippen LogP) is 4.04. The summed E-state index contributed by atoms with van der Waals surface area (Å²) in [5, 5.41) is 8.16. The lowest BCUT2D eigenvalue weighted by Crippen LogP contribution is -2.15. The highest BCUT2D eigenvalue weighted by molar-refractivity contribution is 7.91. The van der Waals surface area contributed by atoms with Crippen LogP contribution in [0.2, 0.25) is 0 Å². The molecule has 1 amide bonds. The third-order valence-electron chi connectivity index (χ3n) is 6.67. The van der Waals surface area contributed by atoms with E-state index in [0.29, 0.717) is 62.9 Å².